The summed E-state index contributed by atoms with van der Waals surface area (Å²) in [4.78, 5) is 6.66. The molecule has 0 aliphatic heterocycles. The Bertz CT molecular complexity index is 1020. The first-order valence-electron chi connectivity index (χ1n) is 8.65. The molecule has 0 aliphatic rings. The van der Waals surface area contributed by atoms with Crippen molar-refractivity contribution in [2.24, 2.45) is 0 Å². The van der Waals surface area contributed by atoms with Crippen LogP contribution < -0.4 is 5.32 Å². The molecule has 3 heterocycles. The molecular weight excluding hydrogens is 346 g/mol. The maximum atomic E-state index is 5.48. The van der Waals surface area contributed by atoms with Gasteiger partial charge in [0.1, 0.15) is 4.83 Å². The summed E-state index contributed by atoms with van der Waals surface area (Å²) in [5.74, 6) is 1.30. The van der Waals surface area contributed by atoms with Crippen molar-refractivity contribution in [1.82, 2.24) is 25.2 Å². The number of fused-ring (bicyclic) bond motifs is 1. The van der Waals surface area contributed by atoms with Crippen LogP contribution in [0.5, 0.6) is 0 Å². The van der Waals surface area contributed by atoms with E-state index in [1.54, 1.807) is 11.3 Å². The van der Waals surface area contributed by atoms with E-state index >= 15 is 0 Å². The minimum absolute atomic E-state index is 0.310. The van der Waals surface area contributed by atoms with Gasteiger partial charge in [-0.25, -0.2) is 0 Å². The Morgan fingerprint density at radius 3 is 2.85 bits per heavy atom. The first-order valence-corrected chi connectivity index (χ1v) is 9.47. The van der Waals surface area contributed by atoms with E-state index in [1.165, 1.54) is 5.56 Å². The smallest absolute Gasteiger partial charge is 0.268 e. The van der Waals surface area contributed by atoms with Gasteiger partial charge in [-0.1, -0.05) is 35.5 Å². The molecule has 26 heavy (non-hydrogen) atoms. The zero-order valence-corrected chi connectivity index (χ0v) is 15.9. The van der Waals surface area contributed by atoms with Crippen LogP contribution in [0.15, 0.2) is 40.9 Å². The zero-order chi connectivity index (χ0) is 18.1. The summed E-state index contributed by atoms with van der Waals surface area (Å²) in [6.07, 6.45) is 0.742. The summed E-state index contributed by atoms with van der Waals surface area (Å²) in [6.45, 7) is 4.88. The lowest BCUT2D eigenvalue weighted by atomic mass is 10.2. The number of likely N-dealkylation sites (N-methyl/N-ethyl adjacent to an activating group) is 1. The van der Waals surface area contributed by atoms with Crippen molar-refractivity contribution < 1.29 is 4.52 Å². The molecule has 0 amide bonds. The third-order valence-electron chi connectivity index (χ3n) is 4.44. The predicted octanol–water partition coefficient (Wildman–Crippen LogP) is 3.65. The highest BCUT2D eigenvalue weighted by atomic mass is 32.1. The third kappa shape index (κ3) is 3.27. The molecule has 1 unspecified atom stereocenters. The Hall–Kier alpha value is -2.51. The molecule has 0 aliphatic carbocycles. The lowest BCUT2D eigenvalue weighted by Crippen LogP contribution is -2.24. The van der Waals surface area contributed by atoms with Crippen LogP contribution in [0.25, 0.3) is 21.0 Å². The Balaban J connectivity index is 1.65. The summed E-state index contributed by atoms with van der Waals surface area (Å²) < 4.78 is 7.54. The Labute approximate surface area is 155 Å². The van der Waals surface area contributed by atoms with E-state index in [9.17, 15) is 0 Å². The zero-order valence-electron chi connectivity index (χ0n) is 15.1. The van der Waals surface area contributed by atoms with E-state index in [-0.39, 0.29) is 0 Å². The summed E-state index contributed by atoms with van der Waals surface area (Å²) in [7, 11) is 1.93. The number of rotatable bonds is 6. The minimum atomic E-state index is 0.310. The van der Waals surface area contributed by atoms with Crippen LogP contribution in [0.4, 0.5) is 0 Å². The van der Waals surface area contributed by atoms with Gasteiger partial charge < -0.3 is 9.84 Å². The highest BCUT2D eigenvalue weighted by Gasteiger charge is 2.18. The molecule has 0 bridgehead atoms. The van der Waals surface area contributed by atoms with Gasteiger partial charge in [-0.2, -0.15) is 10.1 Å². The highest BCUT2D eigenvalue weighted by molar-refractivity contribution is 7.21. The molecule has 7 heteroatoms. The lowest BCUT2D eigenvalue weighted by molar-refractivity contribution is 0.419. The number of aryl methyl sites for hydroxylation is 1. The van der Waals surface area contributed by atoms with Crippen LogP contribution in [-0.2, 0) is 13.0 Å². The Morgan fingerprint density at radius 2 is 2.08 bits per heavy atom. The van der Waals surface area contributed by atoms with Crippen molar-refractivity contribution in [3.05, 3.63) is 53.5 Å². The van der Waals surface area contributed by atoms with Gasteiger partial charge in [0, 0.05) is 17.8 Å². The molecule has 0 radical (unpaired) electrons. The third-order valence-corrected chi connectivity index (χ3v) is 5.58. The first-order chi connectivity index (χ1) is 12.6. The molecule has 1 atom stereocenters. The van der Waals surface area contributed by atoms with E-state index in [4.69, 9.17) is 4.52 Å². The summed E-state index contributed by atoms with van der Waals surface area (Å²) in [5, 5.41) is 13.1. The van der Waals surface area contributed by atoms with Crippen LogP contribution in [0.3, 0.4) is 0 Å². The molecule has 134 valence electrons. The standard InChI is InChI=1S/C19H21N5OS/c1-12(20-3)9-17-21-18(25-23-17)16-10-15-13(2)22-24(19(15)26-16)11-14-7-5-4-6-8-14/h4-8,10,12,20H,9,11H2,1-3H3. The van der Waals surface area contributed by atoms with Crippen molar-refractivity contribution in [3.63, 3.8) is 0 Å². The molecule has 4 rings (SSSR count). The van der Waals surface area contributed by atoms with E-state index in [2.05, 4.69) is 62.5 Å². The second-order valence-corrected chi connectivity index (χ2v) is 7.50. The largest absolute Gasteiger partial charge is 0.333 e. The molecule has 0 fully saturated rings. The summed E-state index contributed by atoms with van der Waals surface area (Å²) in [6, 6.07) is 12.8. The lowest BCUT2D eigenvalue weighted by Gasteiger charge is -2.04. The first kappa shape index (κ1) is 16.9. The maximum Gasteiger partial charge on any atom is 0.268 e. The summed E-state index contributed by atoms with van der Waals surface area (Å²) >= 11 is 1.64. The van der Waals surface area contributed by atoms with Gasteiger partial charge >= 0.3 is 0 Å². The van der Waals surface area contributed by atoms with Crippen molar-refractivity contribution in [2.45, 2.75) is 32.9 Å². The van der Waals surface area contributed by atoms with E-state index in [1.807, 2.05) is 20.0 Å². The second-order valence-electron chi connectivity index (χ2n) is 6.47. The SMILES string of the molecule is CNC(C)Cc1noc(-c2cc3c(C)nn(Cc4ccccc4)c3s2)n1. The van der Waals surface area contributed by atoms with Crippen molar-refractivity contribution in [3.8, 4) is 10.8 Å². The van der Waals surface area contributed by atoms with Gasteiger partial charge in [-0.05, 0) is 32.5 Å². The summed E-state index contributed by atoms with van der Waals surface area (Å²) in [5.41, 5.74) is 2.25. The van der Waals surface area contributed by atoms with Gasteiger partial charge in [-0.3, -0.25) is 4.68 Å². The molecule has 1 aromatic carbocycles. The number of hydrogen-bond donors (Lipinski definition) is 1. The maximum absolute atomic E-state index is 5.48. The van der Waals surface area contributed by atoms with E-state index in [0.717, 1.165) is 39.6 Å². The average molecular weight is 367 g/mol. The Kier molecular flexibility index (Phi) is 4.57. The van der Waals surface area contributed by atoms with Crippen molar-refractivity contribution in [1.29, 1.82) is 0 Å². The fraction of sp³-hybridized carbons (Fsp3) is 0.316. The highest BCUT2D eigenvalue weighted by Crippen LogP contribution is 2.34. The predicted molar refractivity (Wildman–Crippen MR) is 103 cm³/mol. The molecule has 0 saturated heterocycles. The van der Waals surface area contributed by atoms with Gasteiger partial charge in [0.2, 0.25) is 0 Å². The number of aromatic nitrogens is 4. The van der Waals surface area contributed by atoms with Crippen molar-refractivity contribution >= 4 is 21.6 Å². The van der Waals surface area contributed by atoms with Crippen molar-refractivity contribution in [2.75, 3.05) is 7.05 Å². The molecule has 6 nitrogen and oxygen atoms in total. The number of nitrogens with zero attached hydrogens (tertiary/aromatic N) is 4. The fourth-order valence-corrected chi connectivity index (χ4v) is 3.98. The molecule has 4 aromatic rings. The minimum Gasteiger partial charge on any atom is -0.333 e. The number of thiophene rings is 1. The number of benzene rings is 1. The van der Waals surface area contributed by atoms with Gasteiger partial charge in [0.15, 0.2) is 5.82 Å². The van der Waals surface area contributed by atoms with Gasteiger partial charge in [0.25, 0.3) is 5.89 Å². The molecule has 0 spiro atoms. The molecule has 1 N–H and O–H groups in total. The second kappa shape index (κ2) is 7.01. The van der Waals surface area contributed by atoms with Gasteiger partial charge in [-0.15, -0.1) is 11.3 Å². The molecular formula is C19H21N5OS. The van der Waals surface area contributed by atoms with Crippen LogP contribution >= 0.6 is 11.3 Å². The topological polar surface area (TPSA) is 68.8 Å². The van der Waals surface area contributed by atoms with Crippen LogP contribution in [0.2, 0.25) is 0 Å². The Morgan fingerprint density at radius 1 is 1.27 bits per heavy atom. The van der Waals surface area contributed by atoms with E-state index < -0.39 is 0 Å². The molecule has 3 aromatic heterocycles. The van der Waals surface area contributed by atoms with Crippen LogP contribution in [-0.4, -0.2) is 33.0 Å². The average Bonchev–Trinajstić information content (AvgIpc) is 3.34. The fourth-order valence-electron chi connectivity index (χ4n) is 2.89. The number of hydrogen-bond acceptors (Lipinski definition) is 6. The molecule has 0 saturated carbocycles. The monoisotopic (exact) mass is 367 g/mol. The number of nitrogens with one attached hydrogen (secondary N) is 1. The van der Waals surface area contributed by atoms with E-state index in [0.29, 0.717) is 11.9 Å². The quantitative estimate of drug-likeness (QED) is 0.563. The van der Waals surface area contributed by atoms with Gasteiger partial charge in [0.05, 0.1) is 17.1 Å². The van der Waals surface area contributed by atoms with Crippen LogP contribution in [0, 0.1) is 6.92 Å². The normalized spacial score (nSPS) is 12.7. The van der Waals surface area contributed by atoms with Crippen LogP contribution in [0.1, 0.15) is 24.0 Å².